The van der Waals surface area contributed by atoms with Gasteiger partial charge in [0.1, 0.15) is 5.65 Å². The smallest absolute Gasteiger partial charge is 0.225 e. The molecule has 0 saturated carbocycles. The first-order valence-corrected chi connectivity index (χ1v) is 7.83. The molecular formula is C16H17N3OS. The molecule has 0 aromatic carbocycles. The molecule has 3 rings (SSSR count). The second-order valence-corrected chi connectivity index (χ2v) is 6.02. The van der Waals surface area contributed by atoms with E-state index in [2.05, 4.69) is 27.7 Å². The molecule has 0 saturated heterocycles. The lowest BCUT2D eigenvalue weighted by Crippen LogP contribution is -2.27. The number of nitrogens with one attached hydrogen (secondary N) is 1. The van der Waals surface area contributed by atoms with Crippen LogP contribution in [0.15, 0.2) is 41.9 Å². The highest BCUT2D eigenvalue weighted by Gasteiger charge is 2.06. The Kier molecular flexibility index (Phi) is 4.01. The molecule has 108 valence electrons. The first-order chi connectivity index (χ1) is 10.2. The maximum absolute atomic E-state index is 11.8. The van der Waals surface area contributed by atoms with Crippen LogP contribution in [0.5, 0.6) is 0 Å². The summed E-state index contributed by atoms with van der Waals surface area (Å²) in [6.45, 7) is 2.68. The van der Waals surface area contributed by atoms with Gasteiger partial charge in [-0.05, 0) is 30.5 Å². The molecule has 0 aliphatic heterocycles. The van der Waals surface area contributed by atoms with E-state index in [9.17, 15) is 4.79 Å². The molecule has 0 bridgehead atoms. The Hall–Kier alpha value is -2.14. The number of hydrogen-bond acceptors (Lipinski definition) is 3. The Balaban J connectivity index is 1.54. The molecule has 21 heavy (non-hydrogen) atoms. The van der Waals surface area contributed by atoms with Crippen molar-refractivity contribution in [1.29, 1.82) is 0 Å². The van der Waals surface area contributed by atoms with Gasteiger partial charge in [0.05, 0.1) is 12.1 Å². The van der Waals surface area contributed by atoms with E-state index in [0.717, 1.165) is 28.3 Å². The lowest BCUT2D eigenvalue weighted by Gasteiger charge is -2.02. The molecular weight excluding hydrogens is 282 g/mol. The summed E-state index contributed by atoms with van der Waals surface area (Å²) in [6.07, 6.45) is 3.25. The highest BCUT2D eigenvalue weighted by atomic mass is 32.1. The number of rotatable bonds is 5. The molecule has 3 aromatic heterocycles. The Morgan fingerprint density at radius 1 is 1.33 bits per heavy atom. The number of amides is 1. The number of imidazole rings is 1. The lowest BCUT2D eigenvalue weighted by molar-refractivity contribution is -0.120. The molecule has 3 aromatic rings. The molecule has 3 heterocycles. The molecule has 1 N–H and O–H groups in total. The fourth-order valence-corrected chi connectivity index (χ4v) is 2.99. The van der Waals surface area contributed by atoms with E-state index in [1.807, 2.05) is 35.8 Å². The number of aryl methyl sites for hydroxylation is 1. The van der Waals surface area contributed by atoms with Gasteiger partial charge in [-0.3, -0.25) is 4.79 Å². The monoisotopic (exact) mass is 299 g/mol. The molecule has 0 radical (unpaired) electrons. The second-order valence-electron chi connectivity index (χ2n) is 4.98. The van der Waals surface area contributed by atoms with Gasteiger partial charge in [-0.15, -0.1) is 11.3 Å². The van der Waals surface area contributed by atoms with Crippen LogP contribution in [0, 0.1) is 6.92 Å². The van der Waals surface area contributed by atoms with Crippen molar-refractivity contribution >= 4 is 22.9 Å². The van der Waals surface area contributed by atoms with Gasteiger partial charge >= 0.3 is 0 Å². The summed E-state index contributed by atoms with van der Waals surface area (Å²) >= 11 is 1.61. The summed E-state index contributed by atoms with van der Waals surface area (Å²) in [5.74, 6) is 0.0670. The Morgan fingerprint density at radius 2 is 2.24 bits per heavy atom. The Labute approximate surface area is 127 Å². The summed E-state index contributed by atoms with van der Waals surface area (Å²) in [4.78, 5) is 17.5. The highest BCUT2D eigenvalue weighted by molar-refractivity contribution is 7.10. The molecule has 0 spiro atoms. The van der Waals surface area contributed by atoms with Crippen molar-refractivity contribution in [2.24, 2.45) is 0 Å². The van der Waals surface area contributed by atoms with Crippen molar-refractivity contribution in [1.82, 2.24) is 14.7 Å². The van der Waals surface area contributed by atoms with Crippen molar-refractivity contribution < 1.29 is 4.79 Å². The quantitative estimate of drug-likeness (QED) is 0.787. The van der Waals surface area contributed by atoms with Crippen LogP contribution in [-0.2, 0) is 17.6 Å². The van der Waals surface area contributed by atoms with Gasteiger partial charge in [0.25, 0.3) is 0 Å². The molecule has 4 nitrogen and oxygen atoms in total. The van der Waals surface area contributed by atoms with Gasteiger partial charge in [0.2, 0.25) is 5.91 Å². The first-order valence-electron chi connectivity index (χ1n) is 6.95. The summed E-state index contributed by atoms with van der Waals surface area (Å²) in [5.41, 5.74) is 3.11. The number of nitrogens with zero attached hydrogens (tertiary/aromatic N) is 2. The van der Waals surface area contributed by atoms with E-state index in [4.69, 9.17) is 0 Å². The summed E-state index contributed by atoms with van der Waals surface area (Å²) in [6, 6.07) is 10.00. The van der Waals surface area contributed by atoms with Crippen molar-refractivity contribution in [3.63, 3.8) is 0 Å². The SMILES string of the molecule is Cc1cccc2nc(CCNC(=O)Cc3cccs3)cn12. The Bertz CT molecular complexity index is 746. The number of hydrogen-bond donors (Lipinski definition) is 1. The average molecular weight is 299 g/mol. The third-order valence-corrected chi connectivity index (χ3v) is 4.24. The topological polar surface area (TPSA) is 46.4 Å². The van der Waals surface area contributed by atoms with Crippen LogP contribution in [0.25, 0.3) is 5.65 Å². The summed E-state index contributed by atoms with van der Waals surface area (Å²) in [7, 11) is 0. The number of aromatic nitrogens is 2. The van der Waals surface area contributed by atoms with E-state index < -0.39 is 0 Å². The van der Waals surface area contributed by atoms with Crippen LogP contribution in [0.3, 0.4) is 0 Å². The van der Waals surface area contributed by atoms with Crippen LogP contribution in [0.1, 0.15) is 16.3 Å². The van der Waals surface area contributed by atoms with Crippen LogP contribution < -0.4 is 5.32 Å². The number of fused-ring (bicyclic) bond motifs is 1. The minimum absolute atomic E-state index is 0.0670. The molecule has 0 unspecified atom stereocenters. The third kappa shape index (κ3) is 3.31. The van der Waals surface area contributed by atoms with Crippen molar-refractivity contribution in [2.75, 3.05) is 6.54 Å². The van der Waals surface area contributed by atoms with E-state index in [1.165, 1.54) is 0 Å². The van der Waals surface area contributed by atoms with Gasteiger partial charge in [-0.2, -0.15) is 0 Å². The van der Waals surface area contributed by atoms with Crippen molar-refractivity contribution in [3.05, 3.63) is 58.2 Å². The van der Waals surface area contributed by atoms with Crippen LogP contribution in [0.4, 0.5) is 0 Å². The fraction of sp³-hybridized carbons (Fsp3) is 0.250. The van der Waals surface area contributed by atoms with Crippen LogP contribution in [-0.4, -0.2) is 21.8 Å². The van der Waals surface area contributed by atoms with Gasteiger partial charge < -0.3 is 9.72 Å². The largest absolute Gasteiger partial charge is 0.355 e. The predicted octanol–water partition coefficient (Wildman–Crippen LogP) is 2.61. The van der Waals surface area contributed by atoms with E-state index >= 15 is 0 Å². The predicted molar refractivity (Wildman–Crippen MR) is 84.7 cm³/mol. The minimum Gasteiger partial charge on any atom is -0.355 e. The molecule has 1 amide bonds. The van der Waals surface area contributed by atoms with Gasteiger partial charge in [-0.25, -0.2) is 4.98 Å². The Morgan fingerprint density at radius 3 is 3.00 bits per heavy atom. The molecule has 5 heteroatoms. The zero-order valence-electron chi connectivity index (χ0n) is 11.9. The summed E-state index contributed by atoms with van der Waals surface area (Å²) < 4.78 is 2.07. The third-order valence-electron chi connectivity index (χ3n) is 3.36. The molecule has 0 fully saturated rings. The number of carbonyl (C=O) groups is 1. The normalized spacial score (nSPS) is 10.9. The molecule has 0 aliphatic carbocycles. The maximum Gasteiger partial charge on any atom is 0.225 e. The number of thiophene rings is 1. The first kappa shape index (κ1) is 13.8. The van der Waals surface area contributed by atoms with Gasteiger partial charge in [0, 0.05) is 29.7 Å². The van der Waals surface area contributed by atoms with Crippen LogP contribution in [0.2, 0.25) is 0 Å². The summed E-state index contributed by atoms with van der Waals surface area (Å²) in [5, 5.41) is 4.93. The van der Waals surface area contributed by atoms with Gasteiger partial charge in [-0.1, -0.05) is 12.1 Å². The van der Waals surface area contributed by atoms with Crippen LogP contribution >= 0.6 is 11.3 Å². The zero-order valence-corrected chi connectivity index (χ0v) is 12.7. The molecule has 0 aliphatic rings. The fourth-order valence-electron chi connectivity index (χ4n) is 2.28. The van der Waals surface area contributed by atoms with E-state index in [-0.39, 0.29) is 5.91 Å². The minimum atomic E-state index is 0.0670. The lowest BCUT2D eigenvalue weighted by atomic mass is 10.3. The maximum atomic E-state index is 11.8. The standard InChI is InChI=1S/C16H17N3OS/c1-12-4-2-6-15-18-13(11-19(12)15)7-8-17-16(20)10-14-5-3-9-21-14/h2-6,9,11H,7-8,10H2,1H3,(H,17,20). The van der Waals surface area contributed by atoms with Crippen molar-refractivity contribution in [3.8, 4) is 0 Å². The second kappa shape index (κ2) is 6.10. The number of carbonyl (C=O) groups excluding carboxylic acids is 1. The zero-order chi connectivity index (χ0) is 14.7. The van der Waals surface area contributed by atoms with E-state index in [1.54, 1.807) is 11.3 Å². The average Bonchev–Trinajstić information content (AvgIpc) is 3.08. The van der Waals surface area contributed by atoms with Gasteiger partial charge in [0.15, 0.2) is 0 Å². The van der Waals surface area contributed by atoms with E-state index in [0.29, 0.717) is 13.0 Å². The van der Waals surface area contributed by atoms with Crippen molar-refractivity contribution in [2.45, 2.75) is 19.8 Å². The molecule has 0 atom stereocenters. The highest BCUT2D eigenvalue weighted by Crippen LogP contribution is 2.10. The number of pyridine rings is 1.